The van der Waals surface area contributed by atoms with Gasteiger partial charge in [0.2, 0.25) is 11.9 Å². The van der Waals surface area contributed by atoms with Crippen molar-refractivity contribution in [3.8, 4) is 0 Å². The fraction of sp³-hybridized carbons (Fsp3) is 0.667. The van der Waals surface area contributed by atoms with Crippen LogP contribution >= 0.6 is 0 Å². The smallest absolute Gasteiger partial charge is 0.214 e. The Labute approximate surface area is 119 Å². The maximum atomic E-state index is 4.35. The van der Waals surface area contributed by atoms with Crippen molar-refractivity contribution in [3.63, 3.8) is 0 Å². The molecular weight excluding hydrogens is 256 g/mol. The van der Waals surface area contributed by atoms with E-state index >= 15 is 0 Å². The summed E-state index contributed by atoms with van der Waals surface area (Å²) in [6, 6.07) is 0. The molecule has 0 aromatic carbocycles. The summed E-state index contributed by atoms with van der Waals surface area (Å²) in [5, 5.41) is 18.3. The number of nitrogens with one attached hydrogen (secondary N) is 2. The summed E-state index contributed by atoms with van der Waals surface area (Å²) in [7, 11) is 3.72. The molecule has 0 aromatic heterocycles. The maximum Gasteiger partial charge on any atom is 0.214 e. The summed E-state index contributed by atoms with van der Waals surface area (Å²) < 4.78 is 0. The van der Waals surface area contributed by atoms with Gasteiger partial charge in [0.1, 0.15) is 0 Å². The van der Waals surface area contributed by atoms with Gasteiger partial charge in [-0.25, -0.2) is 10.0 Å². The second kappa shape index (κ2) is 7.46. The SMILES string of the molecule is CN(/N=C\C=N/N(C)C1=NCCCN1)C1=NCCCN1. The van der Waals surface area contributed by atoms with E-state index in [1.807, 2.05) is 14.1 Å². The van der Waals surface area contributed by atoms with Crippen LogP contribution in [0.5, 0.6) is 0 Å². The van der Waals surface area contributed by atoms with Gasteiger partial charge in [0.25, 0.3) is 0 Å². The Morgan fingerprint density at radius 1 is 0.900 bits per heavy atom. The van der Waals surface area contributed by atoms with E-state index in [0.29, 0.717) is 0 Å². The predicted molar refractivity (Wildman–Crippen MR) is 82.4 cm³/mol. The Balaban J connectivity index is 1.81. The van der Waals surface area contributed by atoms with E-state index in [2.05, 4.69) is 30.8 Å². The summed E-state index contributed by atoms with van der Waals surface area (Å²) in [6.45, 7) is 3.59. The standard InChI is InChI=1S/C12H22N8/c1-19(11-13-5-3-6-14-11)17-9-10-18-20(2)12-15-7-4-8-16-12/h9-10H,3-8H2,1-2H3,(H,13,14)(H,15,16)/b17-9-,18-10-. The second-order valence-electron chi connectivity index (χ2n) is 4.55. The Hall–Kier alpha value is -2.12. The van der Waals surface area contributed by atoms with Gasteiger partial charge in [-0.2, -0.15) is 10.2 Å². The van der Waals surface area contributed by atoms with Crippen LogP contribution in [0.2, 0.25) is 0 Å². The van der Waals surface area contributed by atoms with Crippen molar-refractivity contribution in [2.45, 2.75) is 12.8 Å². The van der Waals surface area contributed by atoms with Crippen LogP contribution in [0.25, 0.3) is 0 Å². The molecule has 0 bridgehead atoms. The third-order valence-corrected chi connectivity index (χ3v) is 2.92. The van der Waals surface area contributed by atoms with Crippen molar-refractivity contribution in [2.24, 2.45) is 20.2 Å². The average Bonchev–Trinajstić information content (AvgIpc) is 2.53. The van der Waals surface area contributed by atoms with Crippen molar-refractivity contribution in [1.29, 1.82) is 0 Å². The summed E-state index contributed by atoms with van der Waals surface area (Å²) in [5.41, 5.74) is 0. The summed E-state index contributed by atoms with van der Waals surface area (Å²) in [4.78, 5) is 8.70. The third kappa shape index (κ3) is 4.22. The number of guanidine groups is 2. The topological polar surface area (TPSA) is 80.0 Å². The molecule has 0 unspecified atom stereocenters. The van der Waals surface area contributed by atoms with Crippen LogP contribution in [0.15, 0.2) is 20.2 Å². The predicted octanol–water partition coefficient (Wildman–Crippen LogP) is -0.480. The summed E-state index contributed by atoms with van der Waals surface area (Å²) in [5.74, 6) is 1.60. The van der Waals surface area contributed by atoms with Crippen molar-refractivity contribution >= 4 is 24.3 Å². The van der Waals surface area contributed by atoms with Gasteiger partial charge in [0.15, 0.2) is 0 Å². The fourth-order valence-corrected chi connectivity index (χ4v) is 1.84. The molecule has 0 aromatic rings. The molecule has 0 amide bonds. The van der Waals surface area contributed by atoms with Crippen LogP contribution in [-0.4, -0.2) is 74.6 Å². The van der Waals surface area contributed by atoms with E-state index in [1.54, 1.807) is 22.4 Å². The molecule has 0 atom stereocenters. The van der Waals surface area contributed by atoms with Gasteiger partial charge < -0.3 is 10.6 Å². The van der Waals surface area contributed by atoms with Gasteiger partial charge in [-0.3, -0.25) is 9.98 Å². The first-order valence-electron chi connectivity index (χ1n) is 6.88. The molecule has 2 rings (SSSR count). The lowest BCUT2D eigenvalue weighted by atomic mass is 10.4. The zero-order valence-electron chi connectivity index (χ0n) is 12.1. The van der Waals surface area contributed by atoms with Crippen LogP contribution < -0.4 is 10.6 Å². The number of rotatable bonds is 3. The van der Waals surface area contributed by atoms with E-state index in [9.17, 15) is 0 Å². The normalized spacial score (nSPS) is 19.3. The zero-order chi connectivity index (χ0) is 14.2. The van der Waals surface area contributed by atoms with Gasteiger partial charge >= 0.3 is 0 Å². The lowest BCUT2D eigenvalue weighted by molar-refractivity contribution is 0.499. The average molecular weight is 278 g/mol. The molecule has 0 radical (unpaired) electrons. The van der Waals surface area contributed by atoms with Crippen molar-refractivity contribution in [3.05, 3.63) is 0 Å². The molecule has 0 aliphatic carbocycles. The van der Waals surface area contributed by atoms with Gasteiger partial charge in [0, 0.05) is 40.3 Å². The molecule has 0 fully saturated rings. The minimum atomic E-state index is 0.799. The Morgan fingerprint density at radius 2 is 1.35 bits per heavy atom. The first-order valence-corrected chi connectivity index (χ1v) is 6.88. The maximum absolute atomic E-state index is 4.35. The van der Waals surface area contributed by atoms with Crippen molar-refractivity contribution in [1.82, 2.24) is 20.7 Å². The number of hydrazone groups is 2. The molecule has 2 heterocycles. The fourth-order valence-electron chi connectivity index (χ4n) is 1.84. The van der Waals surface area contributed by atoms with Crippen LogP contribution in [0.3, 0.4) is 0 Å². The molecule has 8 heteroatoms. The van der Waals surface area contributed by atoms with Crippen LogP contribution in [0.4, 0.5) is 0 Å². The van der Waals surface area contributed by atoms with Crippen molar-refractivity contribution in [2.75, 3.05) is 40.3 Å². The molecule has 110 valence electrons. The minimum Gasteiger partial charge on any atom is -0.355 e. The van der Waals surface area contributed by atoms with Crippen LogP contribution in [0.1, 0.15) is 12.8 Å². The highest BCUT2D eigenvalue weighted by atomic mass is 15.5. The first kappa shape index (κ1) is 14.3. The number of nitrogens with zero attached hydrogens (tertiary/aromatic N) is 6. The molecule has 0 spiro atoms. The van der Waals surface area contributed by atoms with Gasteiger partial charge in [-0.15, -0.1) is 0 Å². The molecule has 20 heavy (non-hydrogen) atoms. The number of aliphatic imine (C=N–C) groups is 2. The number of hydrogen-bond donors (Lipinski definition) is 2. The van der Waals surface area contributed by atoms with E-state index < -0.39 is 0 Å². The molecule has 2 aliphatic heterocycles. The highest BCUT2D eigenvalue weighted by Crippen LogP contribution is 1.95. The molecule has 0 saturated heterocycles. The molecule has 2 aliphatic rings. The quantitative estimate of drug-likeness (QED) is 0.540. The van der Waals surface area contributed by atoms with Crippen LogP contribution in [-0.2, 0) is 0 Å². The van der Waals surface area contributed by atoms with Gasteiger partial charge in [-0.1, -0.05) is 0 Å². The highest BCUT2D eigenvalue weighted by molar-refractivity contribution is 6.16. The van der Waals surface area contributed by atoms with Gasteiger partial charge in [0.05, 0.1) is 12.4 Å². The van der Waals surface area contributed by atoms with E-state index in [1.165, 1.54) is 0 Å². The third-order valence-electron chi connectivity index (χ3n) is 2.92. The van der Waals surface area contributed by atoms with Crippen LogP contribution in [0, 0.1) is 0 Å². The lowest BCUT2D eigenvalue weighted by Crippen LogP contribution is -2.39. The Kier molecular flexibility index (Phi) is 5.33. The lowest BCUT2D eigenvalue weighted by Gasteiger charge is -2.20. The van der Waals surface area contributed by atoms with Gasteiger partial charge in [-0.05, 0) is 12.8 Å². The van der Waals surface area contributed by atoms with E-state index in [-0.39, 0.29) is 0 Å². The Bertz CT molecular complexity index is 385. The monoisotopic (exact) mass is 278 g/mol. The highest BCUT2D eigenvalue weighted by Gasteiger charge is 2.08. The Morgan fingerprint density at radius 3 is 1.70 bits per heavy atom. The largest absolute Gasteiger partial charge is 0.355 e. The van der Waals surface area contributed by atoms with E-state index in [4.69, 9.17) is 0 Å². The second-order valence-corrected chi connectivity index (χ2v) is 4.55. The molecule has 8 nitrogen and oxygen atoms in total. The van der Waals surface area contributed by atoms with Crippen molar-refractivity contribution < 1.29 is 0 Å². The molecule has 2 N–H and O–H groups in total. The minimum absolute atomic E-state index is 0.799. The number of hydrogen-bond acceptors (Lipinski definition) is 8. The molecular formula is C12H22N8. The van der Waals surface area contributed by atoms with E-state index in [0.717, 1.165) is 50.9 Å². The summed E-state index contributed by atoms with van der Waals surface area (Å²) in [6.07, 6.45) is 5.42. The first-order chi connectivity index (χ1) is 9.77. The summed E-state index contributed by atoms with van der Waals surface area (Å²) >= 11 is 0. The zero-order valence-corrected chi connectivity index (χ0v) is 12.1. The molecule has 0 saturated carbocycles.